The SMILES string of the molecule is C=NC=N/C=C(\C)c1ccc2[nH]nc(-c3nc4nccc(-c5ccsc5)c4[nH]3)c2c1F. The summed E-state index contributed by atoms with van der Waals surface area (Å²) in [4.78, 5) is 19.8. The molecule has 0 saturated heterocycles. The number of nitrogens with one attached hydrogen (secondary N) is 2. The molecule has 0 atom stereocenters. The van der Waals surface area contributed by atoms with Gasteiger partial charge in [0.2, 0.25) is 0 Å². The summed E-state index contributed by atoms with van der Waals surface area (Å²) in [5.74, 6) is 0.0474. The number of aromatic nitrogens is 5. The second-order valence-corrected chi connectivity index (χ2v) is 7.62. The van der Waals surface area contributed by atoms with Crippen LogP contribution < -0.4 is 0 Å². The summed E-state index contributed by atoms with van der Waals surface area (Å²) in [6.45, 7) is 5.12. The van der Waals surface area contributed by atoms with Gasteiger partial charge in [-0.2, -0.15) is 16.4 Å². The predicted octanol–water partition coefficient (Wildman–Crippen LogP) is 5.46. The summed E-state index contributed by atoms with van der Waals surface area (Å²) in [7, 11) is 0. The Bertz CT molecular complexity index is 1470. The van der Waals surface area contributed by atoms with Crippen LogP contribution in [0.1, 0.15) is 12.5 Å². The molecule has 0 unspecified atom stereocenters. The first kappa shape index (κ1) is 19.0. The number of allylic oxidation sites excluding steroid dienone is 1. The van der Waals surface area contributed by atoms with E-state index in [1.165, 1.54) is 12.5 Å². The van der Waals surface area contributed by atoms with Crippen molar-refractivity contribution in [1.82, 2.24) is 25.1 Å². The molecule has 2 N–H and O–H groups in total. The number of aromatic amines is 2. The molecule has 1 aromatic carbocycles. The third kappa shape index (κ3) is 3.24. The van der Waals surface area contributed by atoms with Gasteiger partial charge >= 0.3 is 0 Å². The molecule has 0 fully saturated rings. The molecule has 7 nitrogen and oxygen atoms in total. The fourth-order valence-electron chi connectivity index (χ4n) is 3.49. The van der Waals surface area contributed by atoms with E-state index in [0.717, 1.165) is 16.6 Å². The van der Waals surface area contributed by atoms with Crippen molar-refractivity contribution >= 4 is 52.0 Å². The number of imidazole rings is 1. The van der Waals surface area contributed by atoms with E-state index in [-0.39, 0.29) is 0 Å². The van der Waals surface area contributed by atoms with Gasteiger partial charge in [-0.15, -0.1) is 0 Å². The molecule has 0 bridgehead atoms. The highest BCUT2D eigenvalue weighted by molar-refractivity contribution is 7.08. The lowest BCUT2D eigenvalue weighted by Crippen LogP contribution is -1.90. The van der Waals surface area contributed by atoms with Crippen molar-refractivity contribution in [3.8, 4) is 22.6 Å². The van der Waals surface area contributed by atoms with Crippen LogP contribution >= 0.6 is 11.3 Å². The molecule has 4 heterocycles. The molecule has 5 rings (SSSR count). The van der Waals surface area contributed by atoms with Crippen LogP contribution in [0.5, 0.6) is 0 Å². The Morgan fingerprint density at radius 3 is 2.97 bits per heavy atom. The molecule has 0 spiro atoms. The highest BCUT2D eigenvalue weighted by Gasteiger charge is 2.20. The molecule has 4 aromatic heterocycles. The Balaban J connectivity index is 1.67. The normalized spacial score (nSPS) is 12.4. The lowest BCUT2D eigenvalue weighted by atomic mass is 10.0. The van der Waals surface area contributed by atoms with Gasteiger partial charge in [0, 0.05) is 23.5 Å². The number of halogens is 1. The Labute approximate surface area is 180 Å². The Kier molecular flexibility index (Phi) is 4.72. The van der Waals surface area contributed by atoms with E-state index in [4.69, 9.17) is 0 Å². The van der Waals surface area contributed by atoms with Gasteiger partial charge in [-0.05, 0) is 59.8 Å². The first-order valence-corrected chi connectivity index (χ1v) is 10.3. The van der Waals surface area contributed by atoms with E-state index < -0.39 is 5.82 Å². The molecule has 0 amide bonds. The number of hydrogen-bond acceptors (Lipinski definition) is 5. The molecular formula is C22H16FN7S. The van der Waals surface area contributed by atoms with Gasteiger partial charge in [-0.3, -0.25) is 10.1 Å². The predicted molar refractivity (Wildman–Crippen MR) is 124 cm³/mol. The maximum absolute atomic E-state index is 15.5. The van der Waals surface area contributed by atoms with Gasteiger partial charge in [0.25, 0.3) is 0 Å². The Hall–Kier alpha value is -3.98. The van der Waals surface area contributed by atoms with Crippen molar-refractivity contribution in [2.75, 3.05) is 0 Å². The van der Waals surface area contributed by atoms with Crippen LogP contribution in [0.15, 0.2) is 57.4 Å². The summed E-state index contributed by atoms with van der Waals surface area (Å²) < 4.78 is 15.5. The van der Waals surface area contributed by atoms with Crippen LogP contribution in [0.3, 0.4) is 0 Å². The third-order valence-electron chi connectivity index (χ3n) is 4.96. The van der Waals surface area contributed by atoms with Crippen molar-refractivity contribution in [3.63, 3.8) is 0 Å². The summed E-state index contributed by atoms with van der Waals surface area (Å²) >= 11 is 1.62. The summed E-state index contributed by atoms with van der Waals surface area (Å²) in [5, 5.41) is 11.7. The molecule has 9 heteroatoms. The highest BCUT2D eigenvalue weighted by Crippen LogP contribution is 2.34. The molecular weight excluding hydrogens is 413 g/mol. The lowest BCUT2D eigenvalue weighted by Gasteiger charge is -2.04. The van der Waals surface area contributed by atoms with Crippen molar-refractivity contribution in [2.45, 2.75) is 6.92 Å². The average molecular weight is 429 g/mol. The molecule has 0 aliphatic carbocycles. The van der Waals surface area contributed by atoms with E-state index in [2.05, 4.69) is 47.2 Å². The maximum atomic E-state index is 15.5. The zero-order valence-electron chi connectivity index (χ0n) is 16.4. The van der Waals surface area contributed by atoms with Gasteiger partial charge in [-0.1, -0.05) is 0 Å². The quantitative estimate of drug-likeness (QED) is 0.287. The number of rotatable bonds is 5. The first-order valence-electron chi connectivity index (χ1n) is 9.36. The second kappa shape index (κ2) is 7.69. The monoisotopic (exact) mass is 429 g/mol. The van der Waals surface area contributed by atoms with E-state index in [1.807, 2.05) is 17.5 Å². The zero-order chi connectivity index (χ0) is 21.4. The van der Waals surface area contributed by atoms with Crippen LogP contribution in [0.4, 0.5) is 4.39 Å². The lowest BCUT2D eigenvalue weighted by molar-refractivity contribution is 0.636. The van der Waals surface area contributed by atoms with Crippen LogP contribution in [0.25, 0.3) is 50.3 Å². The van der Waals surface area contributed by atoms with Gasteiger partial charge in [0.05, 0.1) is 16.4 Å². The average Bonchev–Trinajstić information content (AvgIpc) is 3.52. The molecule has 31 heavy (non-hydrogen) atoms. The van der Waals surface area contributed by atoms with Crippen LogP contribution in [0, 0.1) is 5.82 Å². The molecule has 0 saturated carbocycles. The largest absolute Gasteiger partial charge is 0.335 e. The highest BCUT2D eigenvalue weighted by atomic mass is 32.1. The first-order chi connectivity index (χ1) is 15.2. The van der Waals surface area contributed by atoms with Crippen molar-refractivity contribution in [2.24, 2.45) is 9.98 Å². The minimum Gasteiger partial charge on any atom is -0.335 e. The molecule has 5 aromatic rings. The maximum Gasteiger partial charge on any atom is 0.178 e. The topological polar surface area (TPSA) is 95.0 Å². The smallest absolute Gasteiger partial charge is 0.178 e. The van der Waals surface area contributed by atoms with Crippen LogP contribution in [-0.4, -0.2) is 38.2 Å². The minimum absolute atomic E-state index is 0.354. The number of hydrogen-bond donors (Lipinski definition) is 2. The minimum atomic E-state index is -0.400. The van der Waals surface area contributed by atoms with Gasteiger partial charge in [-0.25, -0.2) is 19.4 Å². The van der Waals surface area contributed by atoms with Gasteiger partial charge < -0.3 is 4.98 Å². The van der Waals surface area contributed by atoms with Gasteiger partial charge in [0.1, 0.15) is 17.8 Å². The van der Waals surface area contributed by atoms with E-state index in [0.29, 0.717) is 39.2 Å². The van der Waals surface area contributed by atoms with E-state index >= 15 is 4.39 Å². The summed E-state index contributed by atoms with van der Waals surface area (Å²) in [6, 6.07) is 7.45. The number of pyridine rings is 1. The number of nitrogens with zero attached hydrogens (tertiary/aromatic N) is 5. The Morgan fingerprint density at radius 1 is 1.26 bits per heavy atom. The third-order valence-corrected chi connectivity index (χ3v) is 5.64. The molecule has 0 aliphatic rings. The van der Waals surface area contributed by atoms with E-state index in [9.17, 15) is 0 Å². The van der Waals surface area contributed by atoms with Crippen molar-refractivity contribution < 1.29 is 4.39 Å². The zero-order valence-corrected chi connectivity index (χ0v) is 17.2. The fraction of sp³-hybridized carbons (Fsp3) is 0.0455. The van der Waals surface area contributed by atoms with Crippen LogP contribution in [0.2, 0.25) is 0 Å². The number of H-pyrrole nitrogens is 2. The number of benzene rings is 1. The standard InChI is InChI=1S/C22H16FN7S/c1-12(9-25-11-24-2)14-3-4-16-17(18(14)23)20(30-29-16)22-27-19-15(13-6-8-31-10-13)5-7-26-21(19)28-22/h3-11H,2H2,1H3,(H,29,30)(H,26,27,28)/b12-9+,25-11?. The summed E-state index contributed by atoms with van der Waals surface area (Å²) in [6.07, 6.45) is 4.56. The van der Waals surface area contributed by atoms with Crippen LogP contribution in [-0.2, 0) is 0 Å². The number of aliphatic imine (C=N–C) groups is 2. The Morgan fingerprint density at radius 2 is 2.16 bits per heavy atom. The second-order valence-electron chi connectivity index (χ2n) is 6.84. The van der Waals surface area contributed by atoms with Crippen molar-refractivity contribution in [3.05, 3.63) is 58.8 Å². The fourth-order valence-corrected chi connectivity index (χ4v) is 4.15. The molecule has 0 aliphatic heterocycles. The molecule has 152 valence electrons. The van der Waals surface area contributed by atoms with Gasteiger partial charge in [0.15, 0.2) is 11.5 Å². The number of thiophene rings is 1. The van der Waals surface area contributed by atoms with Crippen molar-refractivity contribution in [1.29, 1.82) is 0 Å². The van der Waals surface area contributed by atoms with E-state index in [1.54, 1.807) is 36.6 Å². The number of fused-ring (bicyclic) bond motifs is 2. The molecule has 0 radical (unpaired) electrons. The summed E-state index contributed by atoms with van der Waals surface area (Å²) in [5.41, 5.74) is 5.43.